The summed E-state index contributed by atoms with van der Waals surface area (Å²) < 4.78 is 5.53. The molecule has 1 aromatic rings. The number of carbonyl (C=O) groups is 1. The molecule has 1 amide bonds. The molecule has 2 heterocycles. The molecule has 0 spiro atoms. The van der Waals surface area contributed by atoms with E-state index in [2.05, 4.69) is 16.7 Å². The Labute approximate surface area is 149 Å². The number of benzene rings is 1. The van der Waals surface area contributed by atoms with Crippen molar-refractivity contribution in [2.24, 2.45) is 0 Å². The van der Waals surface area contributed by atoms with E-state index in [0.717, 1.165) is 38.2 Å². The Balaban J connectivity index is 1.61. The molecule has 3 rings (SSSR count). The molecule has 1 aromatic carbocycles. The summed E-state index contributed by atoms with van der Waals surface area (Å²) in [5.74, 6) is 2.66. The molecule has 132 valence electrons. The molecule has 2 aliphatic rings. The predicted molar refractivity (Wildman–Crippen MR) is 99.3 cm³/mol. The van der Waals surface area contributed by atoms with Crippen molar-refractivity contribution in [1.29, 1.82) is 0 Å². The first-order chi connectivity index (χ1) is 11.8. The van der Waals surface area contributed by atoms with E-state index in [4.69, 9.17) is 4.74 Å². The van der Waals surface area contributed by atoms with E-state index in [1.54, 1.807) is 7.11 Å². The lowest BCUT2D eigenvalue weighted by Crippen LogP contribution is -2.42. The summed E-state index contributed by atoms with van der Waals surface area (Å²) in [6.45, 7) is 3.76. The summed E-state index contributed by atoms with van der Waals surface area (Å²) >= 11 is 2.07. The fourth-order valence-electron chi connectivity index (χ4n) is 3.75. The van der Waals surface area contributed by atoms with Crippen LogP contribution in [0.3, 0.4) is 0 Å². The third-order valence-electron chi connectivity index (χ3n) is 5.11. The second-order valence-corrected chi connectivity index (χ2v) is 7.81. The number of ether oxygens (including phenoxy) is 1. The maximum Gasteiger partial charge on any atom is 0.256 e. The van der Waals surface area contributed by atoms with Crippen LogP contribution in [-0.2, 0) is 9.53 Å². The Morgan fingerprint density at radius 1 is 1.12 bits per heavy atom. The molecule has 0 radical (unpaired) electrons. The number of hydrogen-bond donors (Lipinski definition) is 0. The average Bonchev–Trinajstić information content (AvgIpc) is 2.90. The molecule has 24 heavy (non-hydrogen) atoms. The zero-order valence-corrected chi connectivity index (χ0v) is 15.3. The van der Waals surface area contributed by atoms with Gasteiger partial charge in [0.05, 0.1) is 0 Å². The van der Waals surface area contributed by atoms with Crippen molar-refractivity contribution in [3.63, 3.8) is 0 Å². The van der Waals surface area contributed by atoms with Crippen molar-refractivity contribution in [1.82, 2.24) is 9.80 Å². The third-order valence-corrected chi connectivity index (χ3v) is 6.16. The molecule has 0 aromatic heterocycles. The Bertz CT molecular complexity index is 519. The summed E-state index contributed by atoms with van der Waals surface area (Å²) in [4.78, 5) is 17.6. The highest BCUT2D eigenvalue weighted by Gasteiger charge is 2.29. The van der Waals surface area contributed by atoms with E-state index < -0.39 is 6.10 Å². The van der Waals surface area contributed by atoms with Gasteiger partial charge in [-0.1, -0.05) is 30.3 Å². The van der Waals surface area contributed by atoms with Gasteiger partial charge in [-0.15, -0.1) is 0 Å². The first-order valence-electron chi connectivity index (χ1n) is 8.98. The Morgan fingerprint density at radius 2 is 1.88 bits per heavy atom. The van der Waals surface area contributed by atoms with Gasteiger partial charge in [0.25, 0.3) is 5.91 Å². The molecule has 5 heteroatoms. The number of amides is 1. The van der Waals surface area contributed by atoms with Crippen molar-refractivity contribution in [3.8, 4) is 0 Å². The minimum Gasteiger partial charge on any atom is -0.367 e. The fourth-order valence-corrected chi connectivity index (χ4v) is 4.83. The number of thioether (sulfide) groups is 1. The lowest BCUT2D eigenvalue weighted by Gasteiger charge is -2.33. The van der Waals surface area contributed by atoms with E-state index in [1.165, 1.54) is 24.3 Å². The van der Waals surface area contributed by atoms with Crippen LogP contribution in [0.1, 0.15) is 30.9 Å². The van der Waals surface area contributed by atoms with Gasteiger partial charge in [-0.05, 0) is 36.3 Å². The number of rotatable bonds is 4. The van der Waals surface area contributed by atoms with Gasteiger partial charge in [-0.25, -0.2) is 0 Å². The summed E-state index contributed by atoms with van der Waals surface area (Å²) in [7, 11) is 1.62. The van der Waals surface area contributed by atoms with E-state index in [-0.39, 0.29) is 5.91 Å². The number of methoxy groups -OCH3 is 1. The molecule has 2 saturated heterocycles. The van der Waals surface area contributed by atoms with Crippen LogP contribution in [0.5, 0.6) is 0 Å². The van der Waals surface area contributed by atoms with Crippen LogP contribution in [0.4, 0.5) is 0 Å². The van der Waals surface area contributed by atoms with Crippen molar-refractivity contribution in [2.45, 2.75) is 31.4 Å². The standard InChI is InChI=1S/C19H28N2O2S/c1-23-18(16-6-3-2-4-7-16)19(22)21-11-5-10-20(12-13-21)17-8-14-24-15-9-17/h2-4,6-7,17-18H,5,8-15H2,1H3/t18-/m1/s1. The summed E-state index contributed by atoms with van der Waals surface area (Å²) in [5, 5.41) is 0. The van der Waals surface area contributed by atoms with Crippen molar-refractivity contribution in [2.75, 3.05) is 44.8 Å². The maximum absolute atomic E-state index is 12.9. The minimum absolute atomic E-state index is 0.102. The second kappa shape index (κ2) is 8.88. The number of carbonyl (C=O) groups excluding carboxylic acids is 1. The zero-order chi connectivity index (χ0) is 16.8. The monoisotopic (exact) mass is 348 g/mol. The molecule has 0 saturated carbocycles. The van der Waals surface area contributed by atoms with Crippen molar-refractivity contribution < 1.29 is 9.53 Å². The van der Waals surface area contributed by atoms with Crippen molar-refractivity contribution in [3.05, 3.63) is 35.9 Å². The number of nitrogens with zero attached hydrogens (tertiary/aromatic N) is 2. The second-order valence-electron chi connectivity index (χ2n) is 6.58. The van der Waals surface area contributed by atoms with Gasteiger partial charge in [-0.2, -0.15) is 11.8 Å². The highest BCUT2D eigenvalue weighted by atomic mass is 32.2. The molecule has 0 bridgehead atoms. The molecular formula is C19H28N2O2S. The Morgan fingerprint density at radius 3 is 2.58 bits per heavy atom. The van der Waals surface area contributed by atoms with Gasteiger partial charge < -0.3 is 9.64 Å². The molecular weight excluding hydrogens is 320 g/mol. The van der Waals surface area contributed by atoms with Gasteiger partial charge in [0.15, 0.2) is 6.10 Å². The summed E-state index contributed by atoms with van der Waals surface area (Å²) in [5.41, 5.74) is 0.940. The third kappa shape index (κ3) is 4.32. The summed E-state index contributed by atoms with van der Waals surface area (Å²) in [6, 6.07) is 10.5. The molecule has 0 aliphatic carbocycles. The smallest absolute Gasteiger partial charge is 0.256 e. The largest absolute Gasteiger partial charge is 0.367 e. The molecule has 2 fully saturated rings. The van der Waals surface area contributed by atoms with Crippen LogP contribution in [0.2, 0.25) is 0 Å². The highest BCUT2D eigenvalue weighted by molar-refractivity contribution is 7.99. The molecule has 4 nitrogen and oxygen atoms in total. The lowest BCUT2D eigenvalue weighted by molar-refractivity contribution is -0.142. The average molecular weight is 349 g/mol. The first-order valence-corrected chi connectivity index (χ1v) is 10.1. The van der Waals surface area contributed by atoms with E-state index in [9.17, 15) is 4.79 Å². The molecule has 1 atom stereocenters. The first kappa shape index (κ1) is 17.8. The van der Waals surface area contributed by atoms with Crippen LogP contribution < -0.4 is 0 Å². The van der Waals surface area contributed by atoms with E-state index in [1.807, 2.05) is 35.2 Å². The van der Waals surface area contributed by atoms with Crippen LogP contribution in [-0.4, -0.2) is 66.5 Å². The summed E-state index contributed by atoms with van der Waals surface area (Å²) in [6.07, 6.45) is 3.16. The maximum atomic E-state index is 12.9. The number of hydrogen-bond acceptors (Lipinski definition) is 4. The highest BCUT2D eigenvalue weighted by Crippen LogP contribution is 2.24. The Hall–Kier alpha value is -1.04. The van der Waals surface area contributed by atoms with Crippen LogP contribution >= 0.6 is 11.8 Å². The van der Waals surface area contributed by atoms with Gasteiger partial charge in [-0.3, -0.25) is 9.69 Å². The zero-order valence-electron chi connectivity index (χ0n) is 14.5. The van der Waals surface area contributed by atoms with Crippen molar-refractivity contribution >= 4 is 17.7 Å². The van der Waals surface area contributed by atoms with E-state index >= 15 is 0 Å². The molecule has 2 aliphatic heterocycles. The van der Waals surface area contributed by atoms with Crippen LogP contribution in [0, 0.1) is 0 Å². The van der Waals surface area contributed by atoms with Crippen LogP contribution in [0.25, 0.3) is 0 Å². The van der Waals surface area contributed by atoms with Gasteiger partial charge in [0, 0.05) is 39.3 Å². The van der Waals surface area contributed by atoms with Crippen LogP contribution in [0.15, 0.2) is 30.3 Å². The van der Waals surface area contributed by atoms with Gasteiger partial charge in [0.2, 0.25) is 0 Å². The normalized spacial score (nSPS) is 22.1. The molecule has 0 N–H and O–H groups in total. The van der Waals surface area contributed by atoms with Gasteiger partial charge >= 0.3 is 0 Å². The topological polar surface area (TPSA) is 32.8 Å². The lowest BCUT2D eigenvalue weighted by atomic mass is 10.1. The SMILES string of the molecule is CO[C@@H](C(=O)N1CCCN(C2CCSCC2)CC1)c1ccccc1. The molecule has 0 unspecified atom stereocenters. The minimum atomic E-state index is -0.483. The quantitative estimate of drug-likeness (QED) is 0.838. The van der Waals surface area contributed by atoms with Gasteiger partial charge in [0.1, 0.15) is 0 Å². The van der Waals surface area contributed by atoms with E-state index in [0.29, 0.717) is 6.04 Å². The predicted octanol–water partition coefficient (Wildman–Crippen LogP) is 2.80. The fraction of sp³-hybridized carbons (Fsp3) is 0.632. The Kier molecular flexibility index (Phi) is 6.58.